The maximum absolute atomic E-state index is 13.1. The molecule has 1 aromatic heterocycles. The van der Waals surface area contributed by atoms with Crippen LogP contribution in [0.1, 0.15) is 12.0 Å². The highest BCUT2D eigenvalue weighted by Gasteiger charge is 2.34. The van der Waals surface area contributed by atoms with Crippen molar-refractivity contribution in [3.8, 4) is 0 Å². The molecule has 0 aliphatic rings. The highest BCUT2D eigenvalue weighted by Crippen LogP contribution is 2.37. The Hall–Kier alpha value is -2.06. The van der Waals surface area contributed by atoms with Crippen LogP contribution in [-0.4, -0.2) is 30.2 Å². The van der Waals surface area contributed by atoms with Crippen molar-refractivity contribution in [3.63, 3.8) is 0 Å². The van der Waals surface area contributed by atoms with E-state index in [0.717, 1.165) is 12.5 Å². The fourth-order valence-corrected chi connectivity index (χ4v) is 2.10. The first-order chi connectivity index (χ1) is 11.4. The number of hydrogen-bond acceptors (Lipinski definition) is 5. The predicted octanol–water partition coefficient (Wildman–Crippen LogP) is 4.34. The van der Waals surface area contributed by atoms with Gasteiger partial charge in [-0.1, -0.05) is 11.6 Å². The lowest BCUT2D eigenvalue weighted by Crippen LogP contribution is -2.11. The molecule has 0 amide bonds. The van der Waals surface area contributed by atoms with Crippen LogP contribution in [0.4, 0.5) is 30.6 Å². The summed E-state index contributed by atoms with van der Waals surface area (Å²) < 4.78 is 44.2. The third-order valence-corrected chi connectivity index (χ3v) is 3.26. The summed E-state index contributed by atoms with van der Waals surface area (Å²) in [6.07, 6.45) is -2.31. The van der Waals surface area contributed by atoms with Crippen LogP contribution in [0, 0.1) is 0 Å². The number of nitrogens with one attached hydrogen (secondary N) is 2. The van der Waals surface area contributed by atoms with Crippen LogP contribution >= 0.6 is 11.6 Å². The Balaban J connectivity index is 2.14. The Kier molecular flexibility index (Phi) is 6.22. The summed E-state index contributed by atoms with van der Waals surface area (Å²) >= 11 is 5.65. The van der Waals surface area contributed by atoms with Gasteiger partial charge in [0.25, 0.3) is 0 Å². The topological polar surface area (TPSA) is 59.1 Å². The van der Waals surface area contributed by atoms with Crippen molar-refractivity contribution in [2.75, 3.05) is 30.9 Å². The number of anilines is 3. The van der Waals surface area contributed by atoms with Crippen LogP contribution in [0.25, 0.3) is 0 Å². The van der Waals surface area contributed by atoms with Gasteiger partial charge in [-0.3, -0.25) is 0 Å². The van der Waals surface area contributed by atoms with Crippen molar-refractivity contribution >= 4 is 29.1 Å². The normalized spacial score (nSPS) is 11.4. The van der Waals surface area contributed by atoms with Gasteiger partial charge in [-0.25, -0.2) is 4.98 Å². The first-order valence-electron chi connectivity index (χ1n) is 7.10. The smallest absolute Gasteiger partial charge is 0.385 e. The SMILES string of the molecule is COCCCNc1ccnc(Nc2ccc(Cl)cc2C(F)(F)F)n1. The van der Waals surface area contributed by atoms with Gasteiger partial charge in [-0.15, -0.1) is 0 Å². The molecule has 1 aromatic carbocycles. The quantitative estimate of drug-likeness (QED) is 0.719. The van der Waals surface area contributed by atoms with Crippen LogP contribution in [0.3, 0.4) is 0 Å². The number of hydrogen-bond donors (Lipinski definition) is 2. The van der Waals surface area contributed by atoms with E-state index >= 15 is 0 Å². The lowest BCUT2D eigenvalue weighted by Gasteiger charge is -2.14. The van der Waals surface area contributed by atoms with Gasteiger partial charge in [0.2, 0.25) is 5.95 Å². The van der Waals surface area contributed by atoms with Crippen LogP contribution < -0.4 is 10.6 Å². The number of alkyl halides is 3. The number of ether oxygens (including phenoxy) is 1. The maximum Gasteiger partial charge on any atom is 0.418 e. The second-order valence-electron chi connectivity index (χ2n) is 4.85. The van der Waals surface area contributed by atoms with Crippen LogP contribution in [0.2, 0.25) is 5.02 Å². The molecule has 0 atom stereocenters. The molecular weight excluding hydrogens is 345 g/mol. The summed E-state index contributed by atoms with van der Waals surface area (Å²) in [5.41, 5.74) is -1.04. The molecule has 0 radical (unpaired) electrons. The number of nitrogens with zero attached hydrogens (tertiary/aromatic N) is 2. The summed E-state index contributed by atoms with van der Waals surface area (Å²) in [6.45, 7) is 1.22. The van der Waals surface area contributed by atoms with Gasteiger partial charge in [-0.05, 0) is 30.7 Å². The van der Waals surface area contributed by atoms with Gasteiger partial charge in [0, 0.05) is 31.5 Å². The van der Waals surface area contributed by atoms with E-state index in [-0.39, 0.29) is 16.7 Å². The van der Waals surface area contributed by atoms with E-state index in [1.54, 1.807) is 13.2 Å². The molecule has 24 heavy (non-hydrogen) atoms. The predicted molar refractivity (Wildman–Crippen MR) is 86.8 cm³/mol. The maximum atomic E-state index is 13.1. The molecular formula is C15H16ClF3N4O. The molecule has 0 bridgehead atoms. The second-order valence-corrected chi connectivity index (χ2v) is 5.29. The molecule has 130 valence electrons. The fourth-order valence-electron chi connectivity index (χ4n) is 1.93. The van der Waals surface area contributed by atoms with E-state index in [1.807, 2.05) is 0 Å². The average molecular weight is 361 g/mol. The minimum absolute atomic E-state index is 0.00218. The molecule has 9 heteroatoms. The Bertz CT molecular complexity index is 682. The standard InChI is InChI=1S/C15H16ClF3N4O/c1-24-8-2-6-20-13-5-7-21-14(23-13)22-12-4-3-10(16)9-11(12)15(17,18)19/h3-5,7,9H,2,6,8H2,1H3,(H2,20,21,22,23). The van der Waals surface area contributed by atoms with Gasteiger partial charge in [0.1, 0.15) is 5.82 Å². The summed E-state index contributed by atoms with van der Waals surface area (Å²) in [4.78, 5) is 8.07. The van der Waals surface area contributed by atoms with Gasteiger partial charge in [0.05, 0.1) is 11.3 Å². The zero-order valence-electron chi connectivity index (χ0n) is 12.8. The first-order valence-corrected chi connectivity index (χ1v) is 7.47. The van der Waals surface area contributed by atoms with Crippen LogP contribution in [-0.2, 0) is 10.9 Å². The molecule has 0 spiro atoms. The third-order valence-electron chi connectivity index (χ3n) is 3.02. The van der Waals surface area contributed by atoms with Gasteiger partial charge in [-0.2, -0.15) is 18.2 Å². The molecule has 1 heterocycles. The molecule has 0 saturated carbocycles. The van der Waals surface area contributed by atoms with Gasteiger partial charge in [0.15, 0.2) is 0 Å². The highest BCUT2D eigenvalue weighted by molar-refractivity contribution is 6.30. The third kappa shape index (κ3) is 5.24. The average Bonchev–Trinajstić information content (AvgIpc) is 2.53. The van der Waals surface area contributed by atoms with Crippen molar-refractivity contribution in [3.05, 3.63) is 41.0 Å². The van der Waals surface area contributed by atoms with E-state index in [9.17, 15) is 13.2 Å². The summed E-state index contributed by atoms with van der Waals surface area (Å²) in [6, 6.07) is 5.10. The monoisotopic (exact) mass is 360 g/mol. The summed E-state index contributed by atoms with van der Waals surface area (Å²) in [5, 5.41) is 5.63. The van der Waals surface area contributed by atoms with Gasteiger partial charge >= 0.3 is 6.18 Å². The van der Waals surface area contributed by atoms with Crippen molar-refractivity contribution in [1.29, 1.82) is 0 Å². The lowest BCUT2D eigenvalue weighted by atomic mass is 10.1. The number of aromatic nitrogens is 2. The van der Waals surface area contributed by atoms with Crippen molar-refractivity contribution in [2.24, 2.45) is 0 Å². The van der Waals surface area contributed by atoms with Crippen LogP contribution in [0.15, 0.2) is 30.5 Å². The zero-order chi connectivity index (χ0) is 17.6. The molecule has 0 aliphatic carbocycles. The van der Waals surface area contributed by atoms with Crippen molar-refractivity contribution in [1.82, 2.24) is 9.97 Å². The minimum atomic E-state index is -4.54. The zero-order valence-corrected chi connectivity index (χ0v) is 13.6. The van der Waals surface area contributed by atoms with Crippen LogP contribution in [0.5, 0.6) is 0 Å². The fraction of sp³-hybridized carbons (Fsp3) is 0.333. The number of benzene rings is 1. The lowest BCUT2D eigenvalue weighted by molar-refractivity contribution is -0.136. The second kappa shape index (κ2) is 8.16. The molecule has 5 nitrogen and oxygen atoms in total. The Morgan fingerprint density at radius 1 is 1.25 bits per heavy atom. The number of methoxy groups -OCH3 is 1. The first kappa shape index (κ1) is 18.3. The van der Waals surface area contributed by atoms with E-state index in [0.29, 0.717) is 19.0 Å². The molecule has 0 unspecified atom stereocenters. The molecule has 0 fully saturated rings. The van der Waals surface area contributed by atoms with E-state index in [1.165, 1.54) is 18.3 Å². The Labute approximate surface area is 142 Å². The molecule has 0 aliphatic heterocycles. The summed E-state index contributed by atoms with van der Waals surface area (Å²) in [7, 11) is 1.61. The van der Waals surface area contributed by atoms with E-state index < -0.39 is 11.7 Å². The molecule has 2 aromatic rings. The molecule has 0 saturated heterocycles. The van der Waals surface area contributed by atoms with E-state index in [2.05, 4.69) is 20.6 Å². The Morgan fingerprint density at radius 3 is 2.75 bits per heavy atom. The van der Waals surface area contributed by atoms with Crippen molar-refractivity contribution < 1.29 is 17.9 Å². The molecule has 2 N–H and O–H groups in total. The largest absolute Gasteiger partial charge is 0.418 e. The summed E-state index contributed by atoms with van der Waals surface area (Å²) in [5.74, 6) is 0.561. The highest BCUT2D eigenvalue weighted by atomic mass is 35.5. The molecule has 2 rings (SSSR count). The number of halogens is 4. The van der Waals surface area contributed by atoms with Crippen molar-refractivity contribution in [2.45, 2.75) is 12.6 Å². The minimum Gasteiger partial charge on any atom is -0.385 e. The van der Waals surface area contributed by atoms with Gasteiger partial charge < -0.3 is 15.4 Å². The number of rotatable bonds is 7. The van der Waals surface area contributed by atoms with E-state index in [4.69, 9.17) is 16.3 Å². The Morgan fingerprint density at radius 2 is 2.04 bits per heavy atom.